The van der Waals surface area contributed by atoms with Crippen molar-refractivity contribution in [1.82, 2.24) is 4.90 Å². The molecule has 1 rings (SSSR count). The molecule has 0 radical (unpaired) electrons. The highest BCUT2D eigenvalue weighted by Crippen LogP contribution is 2.13. The first kappa shape index (κ1) is 15.2. The average molecular weight is 260 g/mol. The number of rotatable bonds is 3. The van der Waals surface area contributed by atoms with Crippen molar-refractivity contribution in [2.24, 2.45) is 5.73 Å². The first-order valence-electron chi connectivity index (χ1n) is 6.18. The summed E-state index contributed by atoms with van der Waals surface area (Å²) in [5, 5.41) is 9.34. The Labute approximate surface area is 114 Å². The number of benzene rings is 1. The van der Waals surface area contributed by atoms with Crippen molar-refractivity contribution in [3.05, 3.63) is 34.9 Å². The van der Waals surface area contributed by atoms with Crippen LogP contribution in [-0.4, -0.2) is 42.2 Å². The number of amides is 1. The van der Waals surface area contributed by atoms with Crippen molar-refractivity contribution in [2.45, 2.75) is 20.0 Å². The number of nitrogens with zero attached hydrogens (tertiary/aromatic N) is 1. The molecule has 1 unspecified atom stereocenters. The number of carbonyl (C=O) groups is 1. The number of hydrogen-bond donors (Lipinski definition) is 2. The van der Waals surface area contributed by atoms with Gasteiger partial charge in [0.2, 0.25) is 0 Å². The zero-order chi connectivity index (χ0) is 14.4. The van der Waals surface area contributed by atoms with E-state index in [1.54, 1.807) is 20.0 Å². The molecular formula is C15H20N2O2. The van der Waals surface area contributed by atoms with Crippen molar-refractivity contribution >= 4 is 5.91 Å². The van der Waals surface area contributed by atoms with Crippen LogP contribution in [0, 0.1) is 18.8 Å². The lowest BCUT2D eigenvalue weighted by Gasteiger charge is -2.19. The van der Waals surface area contributed by atoms with E-state index in [1.165, 1.54) is 4.90 Å². The monoisotopic (exact) mass is 260 g/mol. The molecule has 0 aliphatic rings. The molecular weight excluding hydrogens is 240 g/mol. The number of likely N-dealkylation sites (N-methyl/N-ethyl adjacent to an activating group) is 1. The van der Waals surface area contributed by atoms with Gasteiger partial charge >= 0.3 is 0 Å². The Bertz CT molecular complexity index is 513. The molecule has 0 spiro atoms. The number of aliphatic hydroxyl groups is 1. The first-order chi connectivity index (χ1) is 8.95. The van der Waals surface area contributed by atoms with E-state index in [1.807, 2.05) is 19.1 Å². The molecule has 1 amide bonds. The normalized spacial score (nSPS) is 11.4. The molecule has 0 aromatic heterocycles. The molecule has 0 fully saturated rings. The third-order valence-electron chi connectivity index (χ3n) is 2.62. The van der Waals surface area contributed by atoms with E-state index in [2.05, 4.69) is 11.8 Å². The lowest BCUT2D eigenvalue weighted by atomic mass is 10.0. The van der Waals surface area contributed by atoms with Gasteiger partial charge in [-0.3, -0.25) is 4.79 Å². The third kappa shape index (κ3) is 4.40. The molecule has 1 aromatic rings. The quantitative estimate of drug-likeness (QED) is 0.788. The van der Waals surface area contributed by atoms with Crippen LogP contribution >= 0.6 is 0 Å². The second kappa shape index (κ2) is 6.93. The molecule has 1 atom stereocenters. The second-order valence-electron chi connectivity index (χ2n) is 4.59. The van der Waals surface area contributed by atoms with Crippen molar-refractivity contribution < 1.29 is 9.90 Å². The van der Waals surface area contributed by atoms with Gasteiger partial charge in [-0.2, -0.15) is 0 Å². The minimum atomic E-state index is -0.557. The number of aryl methyl sites for hydroxylation is 1. The number of hydrogen-bond acceptors (Lipinski definition) is 3. The van der Waals surface area contributed by atoms with E-state index in [9.17, 15) is 9.90 Å². The van der Waals surface area contributed by atoms with Crippen molar-refractivity contribution in [1.29, 1.82) is 0 Å². The lowest BCUT2D eigenvalue weighted by Crippen LogP contribution is -2.33. The summed E-state index contributed by atoms with van der Waals surface area (Å²) in [6.07, 6.45) is -0.557. The lowest BCUT2D eigenvalue weighted by molar-refractivity contribution is 0.0703. The molecule has 1 aromatic carbocycles. The highest BCUT2D eigenvalue weighted by molar-refractivity contribution is 5.96. The molecule has 102 valence electrons. The summed E-state index contributed by atoms with van der Waals surface area (Å²) in [7, 11) is 1.66. The van der Waals surface area contributed by atoms with E-state index in [0.717, 1.165) is 5.56 Å². The Morgan fingerprint density at radius 1 is 1.53 bits per heavy atom. The van der Waals surface area contributed by atoms with E-state index >= 15 is 0 Å². The summed E-state index contributed by atoms with van der Waals surface area (Å²) < 4.78 is 0. The molecule has 4 nitrogen and oxygen atoms in total. The highest BCUT2D eigenvalue weighted by Gasteiger charge is 2.16. The number of carbonyl (C=O) groups excluding carboxylic acids is 1. The van der Waals surface area contributed by atoms with Gasteiger partial charge in [-0.25, -0.2) is 0 Å². The van der Waals surface area contributed by atoms with E-state index in [4.69, 9.17) is 5.73 Å². The Kier molecular flexibility index (Phi) is 5.56. The van der Waals surface area contributed by atoms with Crippen molar-refractivity contribution in [3.8, 4) is 11.8 Å². The molecule has 0 heterocycles. The molecule has 4 heteroatoms. The van der Waals surface area contributed by atoms with Crippen LogP contribution < -0.4 is 5.73 Å². The van der Waals surface area contributed by atoms with Gasteiger partial charge in [-0.15, -0.1) is 0 Å². The molecule has 0 saturated heterocycles. The van der Waals surface area contributed by atoms with E-state index < -0.39 is 6.10 Å². The Morgan fingerprint density at radius 2 is 2.21 bits per heavy atom. The molecule has 0 bridgehead atoms. The fourth-order valence-corrected chi connectivity index (χ4v) is 1.78. The van der Waals surface area contributed by atoms with Gasteiger partial charge in [-0.1, -0.05) is 17.9 Å². The molecule has 19 heavy (non-hydrogen) atoms. The van der Waals surface area contributed by atoms with E-state index in [-0.39, 0.29) is 19.0 Å². The summed E-state index contributed by atoms with van der Waals surface area (Å²) in [5.74, 6) is 5.53. The fraction of sp³-hybridized carbons (Fsp3) is 0.400. The maximum Gasteiger partial charge on any atom is 0.254 e. The van der Waals surface area contributed by atoms with Crippen LogP contribution in [0.1, 0.15) is 28.4 Å². The minimum absolute atomic E-state index is 0.151. The van der Waals surface area contributed by atoms with Crippen LogP contribution in [0.3, 0.4) is 0 Å². The topological polar surface area (TPSA) is 66.6 Å². The summed E-state index contributed by atoms with van der Waals surface area (Å²) >= 11 is 0. The third-order valence-corrected chi connectivity index (χ3v) is 2.62. The van der Waals surface area contributed by atoms with Crippen molar-refractivity contribution in [3.63, 3.8) is 0 Å². The van der Waals surface area contributed by atoms with Gasteiger partial charge in [0.05, 0.1) is 18.2 Å². The summed E-state index contributed by atoms with van der Waals surface area (Å²) in [6, 6.07) is 5.50. The molecule has 3 N–H and O–H groups in total. The number of nitrogens with two attached hydrogens (primary N) is 1. The molecule has 0 saturated carbocycles. The largest absolute Gasteiger partial charge is 0.392 e. The summed E-state index contributed by atoms with van der Waals surface area (Å²) in [5.41, 5.74) is 7.61. The van der Waals surface area contributed by atoms with Crippen LogP contribution in [0.25, 0.3) is 0 Å². The van der Waals surface area contributed by atoms with Crippen LogP contribution in [-0.2, 0) is 0 Å². The van der Waals surface area contributed by atoms with Gasteiger partial charge < -0.3 is 15.7 Å². The Balaban J connectivity index is 3.08. The van der Waals surface area contributed by atoms with Gasteiger partial charge in [-0.05, 0) is 31.5 Å². The van der Waals surface area contributed by atoms with Crippen LogP contribution in [0.2, 0.25) is 0 Å². The summed E-state index contributed by atoms with van der Waals surface area (Å²) in [4.78, 5) is 13.8. The van der Waals surface area contributed by atoms with Gasteiger partial charge in [0, 0.05) is 19.2 Å². The zero-order valence-corrected chi connectivity index (χ0v) is 11.6. The maximum atomic E-state index is 12.3. The minimum Gasteiger partial charge on any atom is -0.392 e. The Morgan fingerprint density at radius 3 is 2.79 bits per heavy atom. The van der Waals surface area contributed by atoms with Crippen molar-refractivity contribution in [2.75, 3.05) is 20.1 Å². The van der Waals surface area contributed by atoms with Crippen LogP contribution in [0.5, 0.6) is 0 Å². The SMILES string of the molecule is Cc1ccc(C(=O)N(C)CC(C)O)c(C#CCN)c1. The summed E-state index contributed by atoms with van der Waals surface area (Å²) in [6.45, 7) is 4.14. The average Bonchev–Trinajstić information content (AvgIpc) is 2.34. The molecule has 0 aliphatic carbocycles. The van der Waals surface area contributed by atoms with Gasteiger partial charge in [0.1, 0.15) is 0 Å². The van der Waals surface area contributed by atoms with E-state index in [0.29, 0.717) is 11.1 Å². The fourth-order valence-electron chi connectivity index (χ4n) is 1.78. The highest BCUT2D eigenvalue weighted by atomic mass is 16.3. The first-order valence-corrected chi connectivity index (χ1v) is 6.18. The molecule has 0 aliphatic heterocycles. The predicted molar refractivity (Wildman–Crippen MR) is 75.8 cm³/mol. The second-order valence-corrected chi connectivity index (χ2v) is 4.59. The smallest absolute Gasteiger partial charge is 0.254 e. The predicted octanol–water partition coefficient (Wildman–Crippen LogP) is 0.758. The Hall–Kier alpha value is -1.83. The zero-order valence-electron chi connectivity index (χ0n) is 11.6. The standard InChI is InChI=1S/C15H20N2O2/c1-11-6-7-14(13(9-11)5-4-8-16)15(19)17(3)10-12(2)18/h6-7,9,12,18H,8,10,16H2,1-3H3. The number of aliphatic hydroxyl groups excluding tert-OH is 1. The van der Waals surface area contributed by atoms with Crippen LogP contribution in [0.15, 0.2) is 18.2 Å². The van der Waals surface area contributed by atoms with Gasteiger partial charge in [0.15, 0.2) is 0 Å². The van der Waals surface area contributed by atoms with Gasteiger partial charge in [0.25, 0.3) is 5.91 Å². The maximum absolute atomic E-state index is 12.3. The van der Waals surface area contributed by atoms with Crippen LogP contribution in [0.4, 0.5) is 0 Å².